The first-order chi connectivity index (χ1) is 9.09. The standard InChI is InChI=1S/C17H35NO2.ClH/c1-13-8-7-9-15(13)20-11-14(19)10-18-17(5,6)12-16(2,3)4;/h13-15,18-19H,7-12H2,1-6H3;1H. The Balaban J connectivity index is 0.00000400. The van der Waals surface area contributed by atoms with E-state index in [4.69, 9.17) is 4.74 Å². The Morgan fingerprint density at radius 2 is 1.81 bits per heavy atom. The van der Waals surface area contributed by atoms with E-state index in [1.54, 1.807) is 0 Å². The van der Waals surface area contributed by atoms with Crippen LogP contribution >= 0.6 is 12.4 Å². The quantitative estimate of drug-likeness (QED) is 0.750. The van der Waals surface area contributed by atoms with Crippen molar-refractivity contribution in [2.24, 2.45) is 11.3 Å². The van der Waals surface area contributed by atoms with Crippen LogP contribution < -0.4 is 5.32 Å². The van der Waals surface area contributed by atoms with Crippen LogP contribution in [0.25, 0.3) is 0 Å². The first kappa shape index (κ1) is 21.2. The van der Waals surface area contributed by atoms with Crippen molar-refractivity contribution >= 4 is 12.4 Å². The highest BCUT2D eigenvalue weighted by atomic mass is 35.5. The van der Waals surface area contributed by atoms with Gasteiger partial charge >= 0.3 is 0 Å². The molecule has 2 N–H and O–H groups in total. The average molecular weight is 322 g/mol. The molecule has 4 heteroatoms. The molecule has 0 saturated heterocycles. The molecule has 0 aromatic carbocycles. The molecule has 3 atom stereocenters. The molecule has 1 rings (SSSR count). The number of aliphatic hydroxyl groups excluding tert-OH is 1. The summed E-state index contributed by atoms with van der Waals surface area (Å²) in [6.45, 7) is 14.4. The molecule has 0 radical (unpaired) electrons. The number of ether oxygens (including phenoxy) is 1. The third-order valence-corrected chi connectivity index (χ3v) is 4.07. The van der Waals surface area contributed by atoms with Gasteiger partial charge in [0.05, 0.1) is 18.8 Å². The predicted molar refractivity (Wildman–Crippen MR) is 92.2 cm³/mol. The van der Waals surface area contributed by atoms with E-state index < -0.39 is 6.10 Å². The molecule has 1 aliphatic carbocycles. The monoisotopic (exact) mass is 321 g/mol. The maximum atomic E-state index is 10.1. The van der Waals surface area contributed by atoms with Crippen LogP contribution in [0.2, 0.25) is 0 Å². The zero-order chi connectivity index (χ0) is 15.4. The smallest absolute Gasteiger partial charge is 0.0898 e. The molecule has 0 aromatic rings. The molecule has 21 heavy (non-hydrogen) atoms. The molecule has 0 bridgehead atoms. The van der Waals surface area contributed by atoms with Gasteiger partial charge in [0.15, 0.2) is 0 Å². The Kier molecular flexibility index (Phi) is 8.78. The molecule has 1 saturated carbocycles. The first-order valence-corrected chi connectivity index (χ1v) is 8.14. The van der Waals surface area contributed by atoms with Crippen LogP contribution in [0.4, 0.5) is 0 Å². The van der Waals surface area contributed by atoms with Crippen molar-refractivity contribution in [3.63, 3.8) is 0 Å². The van der Waals surface area contributed by atoms with Gasteiger partial charge in [0.1, 0.15) is 0 Å². The maximum absolute atomic E-state index is 10.1. The third-order valence-electron chi connectivity index (χ3n) is 4.07. The Labute approximate surface area is 137 Å². The van der Waals surface area contributed by atoms with Gasteiger partial charge in [-0.2, -0.15) is 0 Å². The van der Waals surface area contributed by atoms with E-state index in [0.717, 1.165) is 12.8 Å². The molecule has 1 aliphatic rings. The SMILES string of the molecule is CC1CCCC1OCC(O)CNC(C)(C)CC(C)(C)C.Cl. The summed E-state index contributed by atoms with van der Waals surface area (Å²) < 4.78 is 5.85. The summed E-state index contributed by atoms with van der Waals surface area (Å²) in [5.74, 6) is 0.646. The highest BCUT2D eigenvalue weighted by Gasteiger charge is 2.27. The maximum Gasteiger partial charge on any atom is 0.0898 e. The number of hydrogen-bond donors (Lipinski definition) is 2. The lowest BCUT2D eigenvalue weighted by Gasteiger charge is -2.34. The minimum Gasteiger partial charge on any atom is -0.389 e. The van der Waals surface area contributed by atoms with E-state index in [1.165, 1.54) is 12.8 Å². The number of hydrogen-bond acceptors (Lipinski definition) is 3. The molecule has 3 unspecified atom stereocenters. The van der Waals surface area contributed by atoms with E-state index in [9.17, 15) is 5.11 Å². The van der Waals surface area contributed by atoms with Crippen LogP contribution in [0.5, 0.6) is 0 Å². The van der Waals surface area contributed by atoms with Crippen molar-refractivity contribution in [1.82, 2.24) is 5.32 Å². The van der Waals surface area contributed by atoms with Gasteiger partial charge in [-0.15, -0.1) is 12.4 Å². The molecule has 0 heterocycles. The molecule has 1 fully saturated rings. The number of halogens is 1. The lowest BCUT2D eigenvalue weighted by atomic mass is 9.82. The van der Waals surface area contributed by atoms with E-state index in [0.29, 0.717) is 25.2 Å². The summed E-state index contributed by atoms with van der Waals surface area (Å²) in [5, 5.41) is 13.5. The van der Waals surface area contributed by atoms with Crippen LogP contribution in [0.1, 0.15) is 67.2 Å². The van der Waals surface area contributed by atoms with Crippen LogP contribution in [-0.4, -0.2) is 36.0 Å². The van der Waals surface area contributed by atoms with Crippen molar-refractivity contribution in [1.29, 1.82) is 0 Å². The van der Waals surface area contributed by atoms with Crippen molar-refractivity contribution in [2.75, 3.05) is 13.2 Å². The van der Waals surface area contributed by atoms with E-state index in [-0.39, 0.29) is 23.4 Å². The second kappa shape index (κ2) is 8.71. The minimum atomic E-state index is -0.415. The largest absolute Gasteiger partial charge is 0.389 e. The van der Waals surface area contributed by atoms with Crippen LogP contribution in [0.15, 0.2) is 0 Å². The number of rotatable bonds is 7. The zero-order valence-electron chi connectivity index (χ0n) is 14.7. The van der Waals surface area contributed by atoms with Gasteiger partial charge in [0, 0.05) is 12.1 Å². The Morgan fingerprint density at radius 3 is 2.29 bits per heavy atom. The fraction of sp³-hybridized carbons (Fsp3) is 1.00. The summed E-state index contributed by atoms with van der Waals surface area (Å²) in [4.78, 5) is 0. The summed E-state index contributed by atoms with van der Waals surface area (Å²) in [7, 11) is 0. The van der Waals surface area contributed by atoms with Crippen molar-refractivity contribution < 1.29 is 9.84 Å². The fourth-order valence-corrected chi connectivity index (χ4v) is 3.44. The Morgan fingerprint density at radius 1 is 1.19 bits per heavy atom. The van der Waals surface area contributed by atoms with Crippen LogP contribution in [-0.2, 0) is 4.74 Å². The van der Waals surface area contributed by atoms with Crippen molar-refractivity contribution in [3.8, 4) is 0 Å². The van der Waals surface area contributed by atoms with E-state index in [1.807, 2.05) is 0 Å². The van der Waals surface area contributed by atoms with Gasteiger partial charge in [-0.3, -0.25) is 0 Å². The van der Waals surface area contributed by atoms with Gasteiger partial charge in [-0.25, -0.2) is 0 Å². The number of nitrogens with one attached hydrogen (secondary N) is 1. The van der Waals surface area contributed by atoms with Crippen molar-refractivity contribution in [2.45, 2.75) is 85.0 Å². The molecular formula is C17H36ClNO2. The third kappa shape index (κ3) is 9.02. The number of aliphatic hydroxyl groups is 1. The molecule has 3 nitrogen and oxygen atoms in total. The van der Waals surface area contributed by atoms with E-state index >= 15 is 0 Å². The van der Waals surface area contributed by atoms with E-state index in [2.05, 4.69) is 46.9 Å². The van der Waals surface area contributed by atoms with Crippen molar-refractivity contribution in [3.05, 3.63) is 0 Å². The highest BCUT2D eigenvalue weighted by molar-refractivity contribution is 5.85. The van der Waals surface area contributed by atoms with Crippen LogP contribution in [0, 0.1) is 11.3 Å². The first-order valence-electron chi connectivity index (χ1n) is 8.14. The second-order valence-corrected chi connectivity index (χ2v) is 8.44. The summed E-state index contributed by atoms with van der Waals surface area (Å²) in [6.07, 6.45) is 4.69. The highest BCUT2D eigenvalue weighted by Crippen LogP contribution is 2.28. The normalized spacial score (nSPS) is 24.7. The molecule has 128 valence electrons. The van der Waals surface area contributed by atoms with Crippen LogP contribution in [0.3, 0.4) is 0 Å². The lowest BCUT2D eigenvalue weighted by molar-refractivity contribution is -0.0232. The van der Waals surface area contributed by atoms with Gasteiger partial charge in [-0.1, -0.05) is 34.1 Å². The second-order valence-electron chi connectivity index (χ2n) is 8.44. The summed E-state index contributed by atoms with van der Waals surface area (Å²) in [6, 6.07) is 0. The van der Waals surface area contributed by atoms with Gasteiger partial charge in [0.25, 0.3) is 0 Å². The zero-order valence-corrected chi connectivity index (χ0v) is 15.6. The van der Waals surface area contributed by atoms with Gasteiger partial charge in [0.2, 0.25) is 0 Å². The summed E-state index contributed by atoms with van der Waals surface area (Å²) >= 11 is 0. The topological polar surface area (TPSA) is 41.5 Å². The van der Waals surface area contributed by atoms with Gasteiger partial charge < -0.3 is 15.2 Å². The Bertz CT molecular complexity index is 289. The minimum absolute atomic E-state index is 0. The molecule has 0 aliphatic heterocycles. The summed E-state index contributed by atoms with van der Waals surface area (Å²) in [5.41, 5.74) is 0.330. The molecule has 0 amide bonds. The molecule has 0 spiro atoms. The molecule has 0 aromatic heterocycles. The van der Waals surface area contributed by atoms with Gasteiger partial charge in [-0.05, 0) is 44.4 Å². The number of β-amino-alcohol motifs (C(OH)–C–C–N with tert-alkyl or cyclic N) is 1. The molecular weight excluding hydrogens is 286 g/mol. The fourth-order valence-electron chi connectivity index (χ4n) is 3.44. The average Bonchev–Trinajstić information content (AvgIpc) is 2.66. The predicted octanol–water partition coefficient (Wildman–Crippen LogP) is 3.78. The lowest BCUT2D eigenvalue weighted by Crippen LogP contribution is -2.46. The Hall–Kier alpha value is 0.170.